The number of anilines is 1. The van der Waals surface area contributed by atoms with Gasteiger partial charge in [-0.3, -0.25) is 4.98 Å². The van der Waals surface area contributed by atoms with Gasteiger partial charge in [0.05, 0.1) is 17.8 Å². The highest BCUT2D eigenvalue weighted by Gasteiger charge is 1.95. The lowest BCUT2D eigenvalue weighted by molar-refractivity contribution is 0.999. The van der Waals surface area contributed by atoms with Crippen molar-refractivity contribution in [2.75, 3.05) is 11.9 Å². The van der Waals surface area contributed by atoms with Crippen molar-refractivity contribution in [3.05, 3.63) is 54.0 Å². The average Bonchev–Trinajstić information content (AvgIpc) is 2.41. The predicted octanol–water partition coefficient (Wildman–Crippen LogP) is 2.00. The third-order valence-electron chi connectivity index (χ3n) is 2.37. The molecule has 2 rings (SSSR count). The van der Waals surface area contributed by atoms with Crippen LogP contribution < -0.4 is 5.32 Å². The molecule has 84 valence electrons. The predicted molar refractivity (Wildman–Crippen MR) is 65.4 cm³/mol. The summed E-state index contributed by atoms with van der Waals surface area (Å²) in [4.78, 5) is 8.09. The van der Waals surface area contributed by atoms with Gasteiger partial charge in [-0.15, -0.1) is 0 Å². The molecule has 0 spiro atoms. The Morgan fingerprint density at radius 1 is 1.18 bits per heavy atom. The van der Waals surface area contributed by atoms with E-state index in [1.54, 1.807) is 18.6 Å². The van der Waals surface area contributed by atoms with E-state index in [9.17, 15) is 0 Å². The minimum Gasteiger partial charge on any atom is -0.368 e. The molecule has 0 radical (unpaired) electrons. The minimum absolute atomic E-state index is 0.690. The Hall–Kier alpha value is -2.41. The third-order valence-corrected chi connectivity index (χ3v) is 2.37. The van der Waals surface area contributed by atoms with E-state index in [-0.39, 0.29) is 0 Å². The number of aromatic nitrogens is 2. The molecule has 0 aliphatic carbocycles. The van der Waals surface area contributed by atoms with E-state index in [2.05, 4.69) is 21.4 Å². The van der Waals surface area contributed by atoms with Crippen LogP contribution in [0.15, 0.2) is 42.9 Å². The number of hydrogen-bond donors (Lipinski definition) is 1. The standard InChI is InChI=1S/C13H12N4/c14-9-12-3-1-11(2-4-12)5-6-16-13-10-15-7-8-17-13/h1-4,7-8,10H,5-6H2,(H,16,17). The van der Waals surface area contributed by atoms with Crippen LogP contribution in [0.1, 0.15) is 11.1 Å². The van der Waals surface area contributed by atoms with E-state index >= 15 is 0 Å². The second-order valence-corrected chi connectivity index (χ2v) is 3.58. The summed E-state index contributed by atoms with van der Waals surface area (Å²) in [7, 11) is 0. The average molecular weight is 224 g/mol. The monoisotopic (exact) mass is 224 g/mol. The molecular formula is C13H12N4. The van der Waals surface area contributed by atoms with Crippen LogP contribution in [0, 0.1) is 11.3 Å². The first-order valence-electron chi connectivity index (χ1n) is 5.37. The van der Waals surface area contributed by atoms with E-state index in [1.165, 1.54) is 5.56 Å². The second-order valence-electron chi connectivity index (χ2n) is 3.58. The molecule has 2 aromatic rings. The smallest absolute Gasteiger partial charge is 0.144 e. The van der Waals surface area contributed by atoms with Gasteiger partial charge in [-0.05, 0) is 24.1 Å². The first-order valence-corrected chi connectivity index (χ1v) is 5.37. The van der Waals surface area contributed by atoms with Crippen molar-refractivity contribution in [1.29, 1.82) is 5.26 Å². The number of rotatable bonds is 4. The zero-order valence-corrected chi connectivity index (χ0v) is 9.30. The first-order chi connectivity index (χ1) is 8.38. The SMILES string of the molecule is N#Cc1ccc(CCNc2cnccn2)cc1. The Balaban J connectivity index is 1.84. The van der Waals surface area contributed by atoms with Gasteiger partial charge in [0.1, 0.15) is 5.82 Å². The van der Waals surface area contributed by atoms with Crippen LogP contribution in [-0.4, -0.2) is 16.5 Å². The Kier molecular flexibility index (Phi) is 3.66. The van der Waals surface area contributed by atoms with E-state index in [0.29, 0.717) is 5.56 Å². The maximum Gasteiger partial charge on any atom is 0.144 e. The Morgan fingerprint density at radius 3 is 2.65 bits per heavy atom. The summed E-state index contributed by atoms with van der Waals surface area (Å²) >= 11 is 0. The lowest BCUT2D eigenvalue weighted by Gasteiger charge is -2.04. The molecule has 17 heavy (non-hydrogen) atoms. The number of nitriles is 1. The topological polar surface area (TPSA) is 61.6 Å². The van der Waals surface area contributed by atoms with Gasteiger partial charge in [0, 0.05) is 18.9 Å². The van der Waals surface area contributed by atoms with Gasteiger partial charge in [0.25, 0.3) is 0 Å². The maximum absolute atomic E-state index is 8.68. The summed E-state index contributed by atoms with van der Waals surface area (Å²) in [6.07, 6.45) is 5.89. The highest BCUT2D eigenvalue weighted by atomic mass is 15.0. The summed E-state index contributed by atoms with van der Waals surface area (Å²) in [5, 5.41) is 11.9. The van der Waals surface area contributed by atoms with Gasteiger partial charge < -0.3 is 5.32 Å². The van der Waals surface area contributed by atoms with Crippen molar-refractivity contribution in [2.45, 2.75) is 6.42 Å². The largest absolute Gasteiger partial charge is 0.368 e. The molecule has 4 nitrogen and oxygen atoms in total. The number of benzene rings is 1. The van der Waals surface area contributed by atoms with E-state index < -0.39 is 0 Å². The molecule has 0 aliphatic rings. The van der Waals surface area contributed by atoms with Gasteiger partial charge in [0.2, 0.25) is 0 Å². The van der Waals surface area contributed by atoms with Gasteiger partial charge in [-0.1, -0.05) is 12.1 Å². The van der Waals surface area contributed by atoms with Crippen LogP contribution in [0.5, 0.6) is 0 Å². The fourth-order valence-corrected chi connectivity index (χ4v) is 1.47. The third kappa shape index (κ3) is 3.28. The molecule has 1 aromatic heterocycles. The fraction of sp³-hybridized carbons (Fsp3) is 0.154. The highest BCUT2D eigenvalue weighted by molar-refractivity contribution is 5.33. The molecule has 0 unspecified atom stereocenters. The Bertz CT molecular complexity index is 499. The molecule has 0 atom stereocenters. The molecule has 1 heterocycles. The summed E-state index contributed by atoms with van der Waals surface area (Å²) in [5.41, 5.74) is 1.89. The lowest BCUT2D eigenvalue weighted by atomic mass is 10.1. The molecule has 1 N–H and O–H groups in total. The van der Waals surface area contributed by atoms with Crippen LogP contribution in [0.25, 0.3) is 0 Å². The van der Waals surface area contributed by atoms with Crippen molar-refractivity contribution < 1.29 is 0 Å². The Morgan fingerprint density at radius 2 is 2.00 bits per heavy atom. The highest BCUT2D eigenvalue weighted by Crippen LogP contribution is 2.05. The zero-order valence-electron chi connectivity index (χ0n) is 9.30. The number of hydrogen-bond acceptors (Lipinski definition) is 4. The lowest BCUT2D eigenvalue weighted by Crippen LogP contribution is -2.06. The van der Waals surface area contributed by atoms with E-state index in [0.717, 1.165) is 18.8 Å². The van der Waals surface area contributed by atoms with Crippen molar-refractivity contribution in [3.8, 4) is 6.07 Å². The molecule has 0 saturated carbocycles. The van der Waals surface area contributed by atoms with Crippen molar-refractivity contribution in [1.82, 2.24) is 9.97 Å². The minimum atomic E-state index is 0.690. The summed E-state index contributed by atoms with van der Waals surface area (Å²) in [5.74, 6) is 0.779. The fourth-order valence-electron chi connectivity index (χ4n) is 1.47. The number of nitrogens with one attached hydrogen (secondary N) is 1. The molecular weight excluding hydrogens is 212 g/mol. The van der Waals surface area contributed by atoms with Crippen LogP contribution in [0.4, 0.5) is 5.82 Å². The quantitative estimate of drug-likeness (QED) is 0.862. The van der Waals surface area contributed by atoms with Crippen molar-refractivity contribution in [2.24, 2.45) is 0 Å². The maximum atomic E-state index is 8.68. The molecule has 0 amide bonds. The first kappa shape index (κ1) is 11.1. The molecule has 0 saturated heterocycles. The van der Waals surface area contributed by atoms with Crippen LogP contribution in [-0.2, 0) is 6.42 Å². The van der Waals surface area contributed by atoms with Crippen LogP contribution in [0.2, 0.25) is 0 Å². The van der Waals surface area contributed by atoms with Gasteiger partial charge in [-0.2, -0.15) is 5.26 Å². The van der Waals surface area contributed by atoms with Crippen LogP contribution in [0.3, 0.4) is 0 Å². The van der Waals surface area contributed by atoms with Gasteiger partial charge >= 0.3 is 0 Å². The molecule has 0 bridgehead atoms. The van der Waals surface area contributed by atoms with Gasteiger partial charge in [-0.25, -0.2) is 4.98 Å². The molecule has 0 fully saturated rings. The summed E-state index contributed by atoms with van der Waals surface area (Å²) in [6.45, 7) is 0.796. The normalized spacial score (nSPS) is 9.59. The van der Waals surface area contributed by atoms with E-state index in [1.807, 2.05) is 24.3 Å². The number of nitrogens with zero attached hydrogens (tertiary/aromatic N) is 3. The second kappa shape index (κ2) is 5.61. The van der Waals surface area contributed by atoms with Gasteiger partial charge in [0.15, 0.2) is 0 Å². The molecule has 4 heteroatoms. The summed E-state index contributed by atoms with van der Waals surface area (Å²) in [6, 6.07) is 9.70. The summed E-state index contributed by atoms with van der Waals surface area (Å²) < 4.78 is 0. The van der Waals surface area contributed by atoms with Crippen molar-refractivity contribution in [3.63, 3.8) is 0 Å². The Labute approximate surface area is 100.0 Å². The van der Waals surface area contributed by atoms with E-state index in [4.69, 9.17) is 5.26 Å². The van der Waals surface area contributed by atoms with Crippen molar-refractivity contribution >= 4 is 5.82 Å². The zero-order chi connectivity index (χ0) is 11.9. The van der Waals surface area contributed by atoms with Crippen LogP contribution >= 0.6 is 0 Å². The molecule has 0 aliphatic heterocycles. The molecule has 1 aromatic carbocycles.